The zero-order chi connectivity index (χ0) is 20.2. The van der Waals surface area contributed by atoms with Gasteiger partial charge in [0.05, 0.1) is 11.6 Å². The highest BCUT2D eigenvalue weighted by molar-refractivity contribution is 7.14. The molecule has 2 rings (SSSR count). The number of nitrogens with zero attached hydrogens (tertiary/aromatic N) is 1. The molecule has 1 aromatic carbocycles. The Kier molecular flexibility index (Phi) is 6.45. The van der Waals surface area contributed by atoms with Crippen LogP contribution in [0.5, 0.6) is 5.75 Å². The minimum Gasteiger partial charge on any atom is -0.405 e. The molecule has 3 N–H and O–H groups in total. The molecule has 2 aromatic rings. The van der Waals surface area contributed by atoms with Gasteiger partial charge in [-0.05, 0) is 31.5 Å². The van der Waals surface area contributed by atoms with Gasteiger partial charge in [0.25, 0.3) is 5.91 Å². The molecule has 0 fully saturated rings. The molecule has 0 aliphatic carbocycles. The highest BCUT2D eigenvalue weighted by Gasteiger charge is 2.32. The Bertz CT molecular complexity index is 823. The molecule has 1 heterocycles. The Labute approximate surface area is 157 Å². The minimum atomic E-state index is -4.80. The van der Waals surface area contributed by atoms with E-state index in [4.69, 9.17) is 5.73 Å². The standard InChI is InChI=1S/C17H18F3N3O3S/c1-10(15(25)22-16-12(14(21)24)7-8-27-16)23(2)9-11-5-3-4-6-13(11)26-17(18,19)20/h3-8,10H,9H2,1-2H3,(H2,21,24)(H,22,25)/t10-/m0/s1. The van der Waals surface area contributed by atoms with Crippen molar-refractivity contribution < 1.29 is 27.5 Å². The molecular weight excluding hydrogens is 383 g/mol. The van der Waals surface area contributed by atoms with Gasteiger partial charge < -0.3 is 15.8 Å². The molecule has 0 unspecified atom stereocenters. The summed E-state index contributed by atoms with van der Waals surface area (Å²) in [4.78, 5) is 25.3. The molecule has 0 saturated carbocycles. The van der Waals surface area contributed by atoms with E-state index in [1.165, 1.54) is 24.3 Å². The Hall–Kier alpha value is -2.59. The lowest BCUT2D eigenvalue weighted by molar-refractivity contribution is -0.275. The van der Waals surface area contributed by atoms with E-state index in [0.29, 0.717) is 5.00 Å². The summed E-state index contributed by atoms with van der Waals surface area (Å²) in [6.07, 6.45) is -4.80. The molecule has 6 nitrogen and oxygen atoms in total. The first-order valence-corrected chi connectivity index (χ1v) is 8.68. The molecule has 10 heteroatoms. The van der Waals surface area contributed by atoms with E-state index in [1.54, 1.807) is 30.3 Å². The highest BCUT2D eigenvalue weighted by Crippen LogP contribution is 2.27. The Morgan fingerprint density at radius 1 is 1.30 bits per heavy atom. The molecule has 0 bridgehead atoms. The van der Waals surface area contributed by atoms with Crippen molar-refractivity contribution in [2.45, 2.75) is 25.9 Å². The molecule has 0 aliphatic heterocycles. The summed E-state index contributed by atoms with van der Waals surface area (Å²) in [6.45, 7) is 1.65. The van der Waals surface area contributed by atoms with Crippen molar-refractivity contribution in [3.63, 3.8) is 0 Å². The average Bonchev–Trinajstić information content (AvgIpc) is 3.02. The number of likely N-dealkylation sites (N-methyl/N-ethyl adjacent to an activating group) is 1. The van der Waals surface area contributed by atoms with Gasteiger partial charge in [-0.2, -0.15) is 0 Å². The molecule has 27 heavy (non-hydrogen) atoms. The van der Waals surface area contributed by atoms with E-state index in [2.05, 4.69) is 10.1 Å². The third-order valence-electron chi connectivity index (χ3n) is 3.83. The van der Waals surface area contributed by atoms with Crippen LogP contribution in [0.15, 0.2) is 35.7 Å². The number of rotatable bonds is 7. The average molecular weight is 401 g/mol. The Morgan fingerprint density at radius 2 is 1.96 bits per heavy atom. The van der Waals surface area contributed by atoms with Crippen LogP contribution in [0.3, 0.4) is 0 Å². The lowest BCUT2D eigenvalue weighted by Gasteiger charge is -2.25. The maximum Gasteiger partial charge on any atom is 0.573 e. The third-order valence-corrected chi connectivity index (χ3v) is 4.66. The molecule has 2 amide bonds. The number of hydrogen-bond acceptors (Lipinski definition) is 5. The summed E-state index contributed by atoms with van der Waals surface area (Å²) in [5.41, 5.74) is 5.72. The predicted molar refractivity (Wildman–Crippen MR) is 95.5 cm³/mol. The van der Waals surface area contributed by atoms with Crippen LogP contribution < -0.4 is 15.8 Å². The number of nitrogens with one attached hydrogen (secondary N) is 1. The fraction of sp³-hybridized carbons (Fsp3) is 0.294. The van der Waals surface area contributed by atoms with Crippen LogP contribution in [-0.2, 0) is 11.3 Å². The van der Waals surface area contributed by atoms with E-state index in [1.807, 2.05) is 0 Å². The number of alkyl halides is 3. The monoisotopic (exact) mass is 401 g/mol. The Balaban J connectivity index is 2.07. The summed E-state index contributed by atoms with van der Waals surface area (Å²) in [6, 6.07) is 6.54. The zero-order valence-corrected chi connectivity index (χ0v) is 15.4. The fourth-order valence-electron chi connectivity index (χ4n) is 2.28. The number of benzene rings is 1. The van der Waals surface area contributed by atoms with E-state index in [0.717, 1.165) is 11.3 Å². The van der Waals surface area contributed by atoms with Crippen LogP contribution in [0.1, 0.15) is 22.8 Å². The summed E-state index contributed by atoms with van der Waals surface area (Å²) < 4.78 is 41.6. The number of ether oxygens (including phenoxy) is 1. The summed E-state index contributed by atoms with van der Waals surface area (Å²) in [7, 11) is 1.60. The normalized spacial score (nSPS) is 12.7. The number of carbonyl (C=O) groups excluding carboxylic acids is 2. The molecule has 0 radical (unpaired) electrons. The fourth-order valence-corrected chi connectivity index (χ4v) is 3.08. The van der Waals surface area contributed by atoms with Gasteiger partial charge in [-0.15, -0.1) is 24.5 Å². The lowest BCUT2D eigenvalue weighted by atomic mass is 10.1. The lowest BCUT2D eigenvalue weighted by Crippen LogP contribution is -2.39. The van der Waals surface area contributed by atoms with Crippen molar-refractivity contribution in [3.8, 4) is 5.75 Å². The third kappa shape index (κ3) is 5.69. The van der Waals surface area contributed by atoms with Crippen molar-refractivity contribution in [3.05, 3.63) is 46.8 Å². The van der Waals surface area contributed by atoms with Crippen LogP contribution in [0.25, 0.3) is 0 Å². The van der Waals surface area contributed by atoms with Gasteiger partial charge in [0.2, 0.25) is 5.91 Å². The van der Waals surface area contributed by atoms with Crippen LogP contribution >= 0.6 is 11.3 Å². The van der Waals surface area contributed by atoms with Gasteiger partial charge in [0.1, 0.15) is 10.8 Å². The molecule has 146 valence electrons. The molecule has 0 aliphatic rings. The minimum absolute atomic E-state index is 0.0496. The van der Waals surface area contributed by atoms with Crippen LogP contribution in [0.4, 0.5) is 18.2 Å². The first-order valence-electron chi connectivity index (χ1n) is 7.80. The van der Waals surface area contributed by atoms with Gasteiger partial charge in [0, 0.05) is 12.1 Å². The van der Waals surface area contributed by atoms with E-state index in [9.17, 15) is 22.8 Å². The number of primary amides is 1. The van der Waals surface area contributed by atoms with E-state index in [-0.39, 0.29) is 23.4 Å². The quantitative estimate of drug-likeness (QED) is 0.746. The number of thiophene rings is 1. The van der Waals surface area contributed by atoms with E-state index >= 15 is 0 Å². The van der Waals surface area contributed by atoms with Crippen LogP contribution in [0, 0.1) is 0 Å². The number of anilines is 1. The van der Waals surface area contributed by atoms with Crippen molar-refractivity contribution >= 4 is 28.2 Å². The number of nitrogens with two attached hydrogens (primary N) is 1. The number of para-hydroxylation sites is 1. The topological polar surface area (TPSA) is 84.7 Å². The number of hydrogen-bond donors (Lipinski definition) is 2. The molecule has 1 atom stereocenters. The summed E-state index contributed by atoms with van der Waals surface area (Å²) in [5.74, 6) is -1.40. The van der Waals surface area contributed by atoms with Gasteiger partial charge >= 0.3 is 6.36 Å². The first-order chi connectivity index (χ1) is 12.6. The summed E-state index contributed by atoms with van der Waals surface area (Å²) >= 11 is 1.15. The SMILES string of the molecule is C[C@@H](C(=O)Nc1sccc1C(N)=O)N(C)Cc1ccccc1OC(F)(F)F. The highest BCUT2D eigenvalue weighted by atomic mass is 32.1. The number of amides is 2. The van der Waals surface area contributed by atoms with Gasteiger partial charge in [-0.1, -0.05) is 18.2 Å². The Morgan fingerprint density at radius 3 is 2.59 bits per heavy atom. The molecule has 0 spiro atoms. The van der Waals surface area contributed by atoms with Crippen molar-refractivity contribution in [2.24, 2.45) is 5.73 Å². The number of halogens is 3. The summed E-state index contributed by atoms with van der Waals surface area (Å²) in [5, 5.41) is 4.56. The van der Waals surface area contributed by atoms with Crippen molar-refractivity contribution in [1.82, 2.24) is 4.90 Å². The maximum absolute atomic E-state index is 12.5. The first kappa shape index (κ1) is 20.7. The largest absolute Gasteiger partial charge is 0.573 e. The van der Waals surface area contributed by atoms with Crippen molar-refractivity contribution in [1.29, 1.82) is 0 Å². The van der Waals surface area contributed by atoms with Crippen LogP contribution in [-0.4, -0.2) is 36.2 Å². The van der Waals surface area contributed by atoms with Gasteiger partial charge in [0.15, 0.2) is 0 Å². The van der Waals surface area contributed by atoms with Crippen LogP contribution in [0.2, 0.25) is 0 Å². The second-order valence-electron chi connectivity index (χ2n) is 5.76. The van der Waals surface area contributed by atoms with Gasteiger partial charge in [-0.3, -0.25) is 14.5 Å². The second kappa shape index (κ2) is 8.40. The van der Waals surface area contributed by atoms with E-state index < -0.39 is 24.2 Å². The second-order valence-corrected chi connectivity index (χ2v) is 6.68. The predicted octanol–water partition coefficient (Wildman–Crippen LogP) is 3.20. The van der Waals surface area contributed by atoms with Gasteiger partial charge in [-0.25, -0.2) is 0 Å². The molecular formula is C17H18F3N3O3S. The smallest absolute Gasteiger partial charge is 0.405 e. The van der Waals surface area contributed by atoms with Crippen molar-refractivity contribution in [2.75, 3.05) is 12.4 Å². The molecule has 0 saturated heterocycles. The number of carbonyl (C=O) groups is 2. The maximum atomic E-state index is 12.5. The zero-order valence-electron chi connectivity index (χ0n) is 14.5. The molecule has 1 aromatic heterocycles.